The minimum atomic E-state index is -0.428. The lowest BCUT2D eigenvalue weighted by atomic mass is 10.0. The summed E-state index contributed by atoms with van der Waals surface area (Å²) < 4.78 is 30.9. The van der Waals surface area contributed by atoms with E-state index < -0.39 is 11.8 Å². The van der Waals surface area contributed by atoms with Crippen molar-refractivity contribution < 1.29 is 23.4 Å². The van der Waals surface area contributed by atoms with E-state index in [0.29, 0.717) is 45.7 Å². The molecule has 0 amide bonds. The number of carbonyl (C=O) groups is 1. The maximum atomic E-state index is 14.0. The third-order valence-corrected chi connectivity index (χ3v) is 6.03. The van der Waals surface area contributed by atoms with Crippen LogP contribution in [0.1, 0.15) is 29.2 Å². The summed E-state index contributed by atoms with van der Waals surface area (Å²) in [6.07, 6.45) is 0.497. The average Bonchev–Trinajstić information content (AvgIpc) is 2.80. The Balaban J connectivity index is 1.57. The van der Waals surface area contributed by atoms with Crippen molar-refractivity contribution in [3.63, 3.8) is 0 Å². The standard InChI is InChI=1S/C25H23BrCl2FNO4/c1-2-33-25(31)13-18-12-22(29)20(26)11-17(18)8-9-32-15-19-10-16(6-7-21(19)27)14-34-24-5-3-4-23(28)30-24/h3-7,10-12H,2,8-9,13-15H2,1H3. The van der Waals surface area contributed by atoms with Crippen LogP contribution >= 0.6 is 39.1 Å². The molecule has 34 heavy (non-hydrogen) atoms. The molecule has 9 heteroatoms. The SMILES string of the molecule is CCOC(=O)Cc1cc(F)c(Br)cc1CCOCc1cc(COc2cccc(Cl)n2)ccc1Cl. The third-order valence-electron chi connectivity index (χ3n) is 4.84. The highest BCUT2D eigenvalue weighted by Crippen LogP contribution is 2.24. The first-order valence-electron chi connectivity index (χ1n) is 10.6. The van der Waals surface area contributed by atoms with E-state index in [-0.39, 0.29) is 19.6 Å². The maximum Gasteiger partial charge on any atom is 0.310 e. The number of halogens is 4. The number of esters is 1. The second-order valence-electron chi connectivity index (χ2n) is 7.33. The molecule has 0 atom stereocenters. The summed E-state index contributed by atoms with van der Waals surface area (Å²) in [6.45, 7) is 2.96. The quantitative estimate of drug-likeness (QED) is 0.145. The predicted octanol–water partition coefficient (Wildman–Crippen LogP) is 6.73. The summed E-state index contributed by atoms with van der Waals surface area (Å²) in [5.41, 5.74) is 3.11. The van der Waals surface area contributed by atoms with Gasteiger partial charge in [0.2, 0.25) is 5.88 Å². The fourth-order valence-electron chi connectivity index (χ4n) is 3.21. The van der Waals surface area contributed by atoms with Crippen LogP contribution in [0.4, 0.5) is 4.39 Å². The van der Waals surface area contributed by atoms with Crippen molar-refractivity contribution in [3.05, 3.63) is 91.3 Å². The molecule has 0 fully saturated rings. The summed E-state index contributed by atoms with van der Waals surface area (Å²) in [6, 6.07) is 13.8. The molecule has 1 aromatic heterocycles. The van der Waals surface area contributed by atoms with Crippen molar-refractivity contribution in [2.75, 3.05) is 13.2 Å². The number of hydrogen-bond acceptors (Lipinski definition) is 5. The van der Waals surface area contributed by atoms with Gasteiger partial charge in [0, 0.05) is 11.1 Å². The molecule has 0 aliphatic heterocycles. The molecule has 180 valence electrons. The van der Waals surface area contributed by atoms with Crippen LogP contribution < -0.4 is 4.74 Å². The first-order chi connectivity index (χ1) is 16.4. The highest BCUT2D eigenvalue weighted by Gasteiger charge is 2.13. The van der Waals surface area contributed by atoms with Gasteiger partial charge in [0.25, 0.3) is 0 Å². The highest BCUT2D eigenvalue weighted by molar-refractivity contribution is 9.10. The van der Waals surface area contributed by atoms with Crippen LogP contribution in [0, 0.1) is 5.82 Å². The first kappa shape index (κ1) is 26.4. The Morgan fingerprint density at radius 3 is 2.65 bits per heavy atom. The molecule has 0 bridgehead atoms. The van der Waals surface area contributed by atoms with Gasteiger partial charge in [-0.15, -0.1) is 0 Å². The summed E-state index contributed by atoms with van der Waals surface area (Å²) in [4.78, 5) is 16.0. The van der Waals surface area contributed by atoms with Gasteiger partial charge in [-0.1, -0.05) is 35.3 Å². The molecule has 5 nitrogen and oxygen atoms in total. The number of nitrogens with zero attached hydrogens (tertiary/aromatic N) is 1. The number of ether oxygens (including phenoxy) is 3. The van der Waals surface area contributed by atoms with Gasteiger partial charge in [-0.2, -0.15) is 0 Å². The van der Waals surface area contributed by atoms with E-state index in [1.54, 1.807) is 37.3 Å². The largest absolute Gasteiger partial charge is 0.473 e. The molecule has 1 heterocycles. The van der Waals surface area contributed by atoms with E-state index >= 15 is 0 Å². The van der Waals surface area contributed by atoms with Crippen molar-refractivity contribution in [2.24, 2.45) is 0 Å². The summed E-state index contributed by atoms with van der Waals surface area (Å²) >= 11 is 15.4. The minimum absolute atomic E-state index is 0.00271. The maximum absolute atomic E-state index is 14.0. The molecule has 0 saturated heterocycles. The Kier molecular flexibility index (Phi) is 10.1. The summed E-state index contributed by atoms with van der Waals surface area (Å²) in [5, 5.41) is 0.943. The Labute approximate surface area is 216 Å². The van der Waals surface area contributed by atoms with Gasteiger partial charge in [0.05, 0.1) is 30.7 Å². The summed E-state index contributed by atoms with van der Waals surface area (Å²) in [5.74, 6) is -0.391. The topological polar surface area (TPSA) is 57.7 Å². The smallest absolute Gasteiger partial charge is 0.310 e. The average molecular weight is 571 g/mol. The van der Waals surface area contributed by atoms with Crippen molar-refractivity contribution >= 4 is 45.1 Å². The molecule has 2 aromatic carbocycles. The van der Waals surface area contributed by atoms with Crippen molar-refractivity contribution in [1.29, 1.82) is 0 Å². The Morgan fingerprint density at radius 2 is 1.88 bits per heavy atom. The normalized spacial score (nSPS) is 10.9. The van der Waals surface area contributed by atoms with Crippen molar-refractivity contribution in [2.45, 2.75) is 33.0 Å². The number of benzene rings is 2. The Morgan fingerprint density at radius 1 is 1.06 bits per heavy atom. The number of aromatic nitrogens is 1. The molecule has 3 rings (SSSR count). The second-order valence-corrected chi connectivity index (χ2v) is 8.98. The van der Waals surface area contributed by atoms with Crippen LogP contribution in [0.25, 0.3) is 0 Å². The number of hydrogen-bond donors (Lipinski definition) is 0. The third kappa shape index (κ3) is 7.94. The van der Waals surface area contributed by atoms with Crippen LogP contribution in [0.5, 0.6) is 5.88 Å². The van der Waals surface area contributed by atoms with E-state index in [1.807, 2.05) is 12.1 Å². The minimum Gasteiger partial charge on any atom is -0.473 e. The molecule has 0 spiro atoms. The number of carbonyl (C=O) groups excluding carboxylic acids is 1. The van der Waals surface area contributed by atoms with Crippen LogP contribution in [0.2, 0.25) is 10.2 Å². The zero-order valence-corrected chi connectivity index (χ0v) is 21.6. The second kappa shape index (κ2) is 13.0. The molecular weight excluding hydrogens is 548 g/mol. The van der Waals surface area contributed by atoms with Crippen LogP contribution in [-0.4, -0.2) is 24.2 Å². The fraction of sp³-hybridized carbons (Fsp3) is 0.280. The van der Waals surface area contributed by atoms with E-state index in [4.69, 9.17) is 37.4 Å². The Bertz CT molecular complexity index is 1150. The number of rotatable bonds is 11. The monoisotopic (exact) mass is 569 g/mol. The van der Waals surface area contributed by atoms with Crippen LogP contribution in [0.3, 0.4) is 0 Å². The fourth-order valence-corrected chi connectivity index (χ4v) is 3.93. The number of pyridine rings is 1. The van der Waals surface area contributed by atoms with Gasteiger partial charge >= 0.3 is 5.97 Å². The van der Waals surface area contributed by atoms with Gasteiger partial charge in [-0.3, -0.25) is 4.79 Å². The molecule has 0 aliphatic rings. The lowest BCUT2D eigenvalue weighted by Crippen LogP contribution is -2.11. The van der Waals surface area contributed by atoms with Crippen molar-refractivity contribution in [3.8, 4) is 5.88 Å². The van der Waals surface area contributed by atoms with E-state index in [0.717, 1.165) is 16.7 Å². The molecule has 0 radical (unpaired) electrons. The molecule has 0 N–H and O–H groups in total. The molecular formula is C25H23BrCl2FNO4. The van der Waals surface area contributed by atoms with E-state index in [9.17, 15) is 9.18 Å². The summed E-state index contributed by atoms with van der Waals surface area (Å²) in [7, 11) is 0. The first-order valence-corrected chi connectivity index (χ1v) is 12.1. The zero-order valence-electron chi connectivity index (χ0n) is 18.5. The predicted molar refractivity (Wildman–Crippen MR) is 133 cm³/mol. The van der Waals surface area contributed by atoms with Crippen LogP contribution in [-0.2, 0) is 40.3 Å². The van der Waals surface area contributed by atoms with Gasteiger partial charge in [-0.25, -0.2) is 9.37 Å². The molecule has 0 unspecified atom stereocenters. The molecule has 0 saturated carbocycles. The van der Waals surface area contributed by atoms with Crippen molar-refractivity contribution in [1.82, 2.24) is 4.98 Å². The molecule has 0 aliphatic carbocycles. The lowest BCUT2D eigenvalue weighted by molar-refractivity contribution is -0.142. The van der Waals surface area contributed by atoms with Gasteiger partial charge in [0.15, 0.2) is 0 Å². The van der Waals surface area contributed by atoms with Gasteiger partial charge in [0.1, 0.15) is 17.6 Å². The Hall–Kier alpha value is -2.19. The zero-order chi connectivity index (χ0) is 24.5. The van der Waals surface area contributed by atoms with Gasteiger partial charge < -0.3 is 14.2 Å². The lowest BCUT2D eigenvalue weighted by Gasteiger charge is -2.12. The van der Waals surface area contributed by atoms with E-state index in [1.165, 1.54) is 6.07 Å². The van der Waals surface area contributed by atoms with Crippen LogP contribution in [0.15, 0.2) is 53.0 Å². The van der Waals surface area contributed by atoms with Gasteiger partial charge in [-0.05, 0) is 81.9 Å². The highest BCUT2D eigenvalue weighted by atomic mass is 79.9. The molecule has 3 aromatic rings. The van der Waals surface area contributed by atoms with E-state index in [2.05, 4.69) is 20.9 Å².